The Labute approximate surface area is 103 Å². The minimum Gasteiger partial charge on any atom is -0.392 e. The third-order valence-corrected chi connectivity index (χ3v) is 3.34. The highest BCUT2D eigenvalue weighted by Crippen LogP contribution is 2.09. The van der Waals surface area contributed by atoms with Gasteiger partial charge in [-0.3, -0.25) is 0 Å². The maximum atomic E-state index is 9.06. The monoisotopic (exact) mass is 234 g/mol. The molecule has 0 aliphatic carbocycles. The molecular formula is C14H22N2O. The zero-order chi connectivity index (χ0) is 11.9. The number of aliphatic hydroxyl groups is 1. The van der Waals surface area contributed by atoms with Gasteiger partial charge in [-0.25, -0.2) is 0 Å². The second-order valence-corrected chi connectivity index (χ2v) is 4.82. The lowest BCUT2D eigenvalue weighted by atomic mass is 10.00. The predicted molar refractivity (Wildman–Crippen MR) is 69.7 cm³/mol. The summed E-state index contributed by atoms with van der Waals surface area (Å²) in [6, 6.07) is 8.12. The van der Waals surface area contributed by atoms with Crippen molar-refractivity contribution in [1.29, 1.82) is 0 Å². The molecule has 94 valence electrons. The van der Waals surface area contributed by atoms with Crippen molar-refractivity contribution in [3.63, 3.8) is 0 Å². The van der Waals surface area contributed by atoms with E-state index in [9.17, 15) is 0 Å². The Morgan fingerprint density at radius 3 is 3.00 bits per heavy atom. The molecule has 0 amide bonds. The summed E-state index contributed by atoms with van der Waals surface area (Å²) in [6.07, 6.45) is 2.63. The first-order chi connectivity index (χ1) is 8.38. The number of hydrogen-bond acceptors (Lipinski definition) is 3. The van der Waals surface area contributed by atoms with Crippen molar-refractivity contribution in [1.82, 2.24) is 10.6 Å². The first-order valence-electron chi connectivity index (χ1n) is 6.48. The predicted octanol–water partition coefficient (Wildman–Crippen LogP) is 1.27. The summed E-state index contributed by atoms with van der Waals surface area (Å²) in [5.41, 5.74) is 2.24. The third kappa shape index (κ3) is 4.11. The van der Waals surface area contributed by atoms with Crippen LogP contribution in [0.2, 0.25) is 0 Å². The van der Waals surface area contributed by atoms with Gasteiger partial charge >= 0.3 is 0 Å². The van der Waals surface area contributed by atoms with Gasteiger partial charge in [-0.15, -0.1) is 0 Å². The Balaban J connectivity index is 1.73. The molecule has 3 nitrogen and oxygen atoms in total. The molecule has 1 atom stereocenters. The standard InChI is InChI=1S/C14H22N2O/c17-11-13-4-1-3-12(7-13)8-16-10-14-5-2-6-15-9-14/h1,3-4,7,14-17H,2,5-6,8-11H2. The number of hydrogen-bond donors (Lipinski definition) is 3. The van der Waals surface area contributed by atoms with Crippen LogP contribution < -0.4 is 10.6 Å². The summed E-state index contributed by atoms with van der Waals surface area (Å²) >= 11 is 0. The SMILES string of the molecule is OCc1cccc(CNCC2CCCNC2)c1. The Bertz CT molecular complexity index is 335. The molecule has 1 saturated heterocycles. The average molecular weight is 234 g/mol. The molecule has 0 radical (unpaired) electrons. The van der Waals surface area contributed by atoms with Crippen molar-refractivity contribution in [2.24, 2.45) is 5.92 Å². The van der Waals surface area contributed by atoms with Crippen molar-refractivity contribution in [3.05, 3.63) is 35.4 Å². The van der Waals surface area contributed by atoms with Crippen LogP contribution >= 0.6 is 0 Å². The number of piperidine rings is 1. The molecule has 1 fully saturated rings. The van der Waals surface area contributed by atoms with Crippen LogP contribution in [0.25, 0.3) is 0 Å². The fourth-order valence-corrected chi connectivity index (χ4v) is 2.36. The largest absolute Gasteiger partial charge is 0.392 e. The van der Waals surface area contributed by atoms with E-state index in [0.717, 1.165) is 31.1 Å². The molecule has 1 heterocycles. The van der Waals surface area contributed by atoms with Crippen LogP contribution in [0.5, 0.6) is 0 Å². The molecule has 3 heteroatoms. The highest BCUT2D eigenvalue weighted by Gasteiger charge is 2.11. The minimum absolute atomic E-state index is 0.125. The average Bonchev–Trinajstić information content (AvgIpc) is 2.40. The van der Waals surface area contributed by atoms with Crippen molar-refractivity contribution >= 4 is 0 Å². The number of benzene rings is 1. The molecule has 0 saturated carbocycles. The van der Waals surface area contributed by atoms with Crippen LogP contribution in [-0.2, 0) is 13.2 Å². The molecule has 0 bridgehead atoms. The quantitative estimate of drug-likeness (QED) is 0.719. The third-order valence-electron chi connectivity index (χ3n) is 3.34. The van der Waals surface area contributed by atoms with Crippen LogP contribution in [-0.4, -0.2) is 24.7 Å². The summed E-state index contributed by atoms with van der Waals surface area (Å²) < 4.78 is 0. The lowest BCUT2D eigenvalue weighted by molar-refractivity contribution is 0.281. The van der Waals surface area contributed by atoms with Crippen LogP contribution in [0.1, 0.15) is 24.0 Å². The van der Waals surface area contributed by atoms with Gasteiger partial charge in [0.15, 0.2) is 0 Å². The van der Waals surface area contributed by atoms with Gasteiger partial charge in [0.1, 0.15) is 0 Å². The maximum Gasteiger partial charge on any atom is 0.0681 e. The highest BCUT2D eigenvalue weighted by atomic mass is 16.3. The van der Waals surface area contributed by atoms with Gasteiger partial charge in [0, 0.05) is 6.54 Å². The molecular weight excluding hydrogens is 212 g/mol. The van der Waals surface area contributed by atoms with Gasteiger partial charge in [-0.1, -0.05) is 24.3 Å². The van der Waals surface area contributed by atoms with E-state index in [4.69, 9.17) is 5.11 Å². The molecule has 1 aliphatic rings. The lowest BCUT2D eigenvalue weighted by Gasteiger charge is -2.23. The van der Waals surface area contributed by atoms with Gasteiger partial charge in [0.2, 0.25) is 0 Å². The molecule has 3 N–H and O–H groups in total. The van der Waals surface area contributed by atoms with Gasteiger partial charge in [-0.2, -0.15) is 0 Å². The maximum absolute atomic E-state index is 9.06. The molecule has 2 rings (SSSR count). The van der Waals surface area contributed by atoms with Crippen molar-refractivity contribution in [2.75, 3.05) is 19.6 Å². The minimum atomic E-state index is 0.125. The molecule has 0 aromatic heterocycles. The van der Waals surface area contributed by atoms with Crippen LogP contribution in [0, 0.1) is 5.92 Å². The molecule has 0 spiro atoms. The van der Waals surface area contributed by atoms with Crippen molar-refractivity contribution in [2.45, 2.75) is 26.0 Å². The van der Waals surface area contributed by atoms with Crippen molar-refractivity contribution in [3.8, 4) is 0 Å². The first-order valence-corrected chi connectivity index (χ1v) is 6.48. The van der Waals surface area contributed by atoms with E-state index in [-0.39, 0.29) is 6.61 Å². The molecule has 1 aromatic carbocycles. The van der Waals surface area contributed by atoms with Gasteiger partial charge in [-0.05, 0) is 49.5 Å². The lowest BCUT2D eigenvalue weighted by Crippen LogP contribution is -2.35. The van der Waals surface area contributed by atoms with Crippen molar-refractivity contribution < 1.29 is 5.11 Å². The normalized spacial score (nSPS) is 20.4. The topological polar surface area (TPSA) is 44.3 Å². The van der Waals surface area contributed by atoms with E-state index in [1.54, 1.807) is 0 Å². The molecule has 17 heavy (non-hydrogen) atoms. The number of rotatable bonds is 5. The number of nitrogens with one attached hydrogen (secondary N) is 2. The van der Waals surface area contributed by atoms with Crippen LogP contribution in [0.15, 0.2) is 24.3 Å². The number of aliphatic hydroxyl groups excluding tert-OH is 1. The fraction of sp³-hybridized carbons (Fsp3) is 0.571. The second kappa shape index (κ2) is 6.74. The zero-order valence-corrected chi connectivity index (χ0v) is 10.3. The summed E-state index contributed by atoms with van der Waals surface area (Å²) in [5.74, 6) is 0.768. The van der Waals surface area contributed by atoms with E-state index in [0.29, 0.717) is 0 Å². The second-order valence-electron chi connectivity index (χ2n) is 4.82. The molecule has 1 unspecified atom stereocenters. The van der Waals surface area contributed by atoms with E-state index in [2.05, 4.69) is 22.8 Å². The van der Waals surface area contributed by atoms with E-state index in [1.807, 2.05) is 12.1 Å². The summed E-state index contributed by atoms with van der Waals surface area (Å²) in [5, 5.41) is 16.0. The Morgan fingerprint density at radius 1 is 1.35 bits per heavy atom. The van der Waals surface area contributed by atoms with E-state index >= 15 is 0 Å². The first kappa shape index (κ1) is 12.6. The molecule has 1 aliphatic heterocycles. The summed E-state index contributed by atoms with van der Waals surface area (Å²) in [6.45, 7) is 4.42. The summed E-state index contributed by atoms with van der Waals surface area (Å²) in [4.78, 5) is 0. The Morgan fingerprint density at radius 2 is 2.24 bits per heavy atom. The van der Waals surface area contributed by atoms with Gasteiger partial charge in [0.05, 0.1) is 6.61 Å². The van der Waals surface area contributed by atoms with Gasteiger partial charge < -0.3 is 15.7 Å². The fourth-order valence-electron chi connectivity index (χ4n) is 2.36. The Hall–Kier alpha value is -0.900. The smallest absolute Gasteiger partial charge is 0.0681 e. The zero-order valence-electron chi connectivity index (χ0n) is 10.3. The van der Waals surface area contributed by atoms with Gasteiger partial charge in [0.25, 0.3) is 0 Å². The van der Waals surface area contributed by atoms with Crippen LogP contribution in [0.3, 0.4) is 0 Å². The van der Waals surface area contributed by atoms with E-state index < -0.39 is 0 Å². The van der Waals surface area contributed by atoms with Crippen LogP contribution in [0.4, 0.5) is 0 Å². The Kier molecular flexibility index (Phi) is 4.98. The van der Waals surface area contributed by atoms with E-state index in [1.165, 1.54) is 24.9 Å². The highest BCUT2D eigenvalue weighted by molar-refractivity contribution is 5.22. The summed E-state index contributed by atoms with van der Waals surface area (Å²) in [7, 11) is 0. The molecule has 1 aromatic rings.